The Kier molecular flexibility index (Phi) is 3.98. The Balaban J connectivity index is 1.84. The van der Waals surface area contributed by atoms with E-state index in [4.69, 9.17) is 16.3 Å². The third-order valence-corrected chi connectivity index (χ3v) is 3.73. The summed E-state index contributed by atoms with van der Waals surface area (Å²) in [5.74, 6) is -0.817. The molecule has 0 bridgehead atoms. The highest BCUT2D eigenvalue weighted by molar-refractivity contribution is 6.32. The fourth-order valence-corrected chi connectivity index (χ4v) is 2.55. The zero-order chi connectivity index (χ0) is 15.5. The summed E-state index contributed by atoms with van der Waals surface area (Å²) in [7, 11) is 0. The minimum atomic E-state index is -1.26. The number of hydrogen-bond donors (Lipinski definition) is 0. The van der Waals surface area contributed by atoms with E-state index in [0.29, 0.717) is 12.4 Å². The van der Waals surface area contributed by atoms with Gasteiger partial charge < -0.3 is 14.6 Å². The Hall–Kier alpha value is -2.52. The molecule has 0 N–H and O–H groups in total. The van der Waals surface area contributed by atoms with Crippen LogP contribution in [0, 0.1) is 0 Å². The molecule has 4 heteroatoms. The van der Waals surface area contributed by atoms with Crippen LogP contribution in [0.1, 0.15) is 15.9 Å². The van der Waals surface area contributed by atoms with Gasteiger partial charge in [0.1, 0.15) is 12.4 Å². The minimum Gasteiger partial charge on any atom is -0.545 e. The number of hydrogen-bond acceptors (Lipinski definition) is 3. The molecule has 22 heavy (non-hydrogen) atoms. The molecule has 3 aromatic carbocycles. The van der Waals surface area contributed by atoms with Crippen molar-refractivity contribution in [3.05, 3.63) is 76.8 Å². The van der Waals surface area contributed by atoms with Gasteiger partial charge in [-0.2, -0.15) is 0 Å². The van der Waals surface area contributed by atoms with Crippen LogP contribution in [0.5, 0.6) is 5.75 Å². The van der Waals surface area contributed by atoms with Crippen molar-refractivity contribution in [1.29, 1.82) is 0 Å². The van der Waals surface area contributed by atoms with Crippen molar-refractivity contribution in [2.45, 2.75) is 6.61 Å². The van der Waals surface area contributed by atoms with Crippen molar-refractivity contribution in [3.8, 4) is 5.75 Å². The van der Waals surface area contributed by atoms with Crippen LogP contribution < -0.4 is 9.84 Å². The maximum Gasteiger partial charge on any atom is 0.138 e. The van der Waals surface area contributed by atoms with E-state index in [9.17, 15) is 9.90 Å². The van der Waals surface area contributed by atoms with Gasteiger partial charge in [0, 0.05) is 0 Å². The quantitative estimate of drug-likeness (QED) is 0.741. The average molecular weight is 312 g/mol. The monoisotopic (exact) mass is 311 g/mol. The Labute approximate surface area is 132 Å². The lowest BCUT2D eigenvalue weighted by Crippen LogP contribution is -2.22. The number of fused-ring (bicyclic) bond motifs is 1. The first-order chi connectivity index (χ1) is 10.6. The molecule has 0 spiro atoms. The predicted molar refractivity (Wildman–Crippen MR) is 84.1 cm³/mol. The molecule has 3 rings (SSSR count). The van der Waals surface area contributed by atoms with Crippen LogP contribution in [0.4, 0.5) is 0 Å². The highest BCUT2D eigenvalue weighted by Crippen LogP contribution is 2.27. The molecule has 0 radical (unpaired) electrons. The number of carbonyl (C=O) groups is 1. The van der Waals surface area contributed by atoms with Crippen LogP contribution >= 0.6 is 11.6 Å². The molecule has 0 saturated carbocycles. The zero-order valence-corrected chi connectivity index (χ0v) is 12.3. The van der Waals surface area contributed by atoms with Crippen molar-refractivity contribution in [2.75, 3.05) is 0 Å². The summed E-state index contributed by atoms with van der Waals surface area (Å²) in [5.41, 5.74) is 1.07. The molecule has 0 saturated heterocycles. The maximum atomic E-state index is 10.8. The van der Waals surface area contributed by atoms with Gasteiger partial charge in [0.25, 0.3) is 0 Å². The third kappa shape index (κ3) is 2.90. The summed E-state index contributed by atoms with van der Waals surface area (Å²) >= 11 is 6.04. The SMILES string of the molecule is O=C([O-])c1ccc(OCc2cccc3ccccc23)c(Cl)c1. The first-order valence-corrected chi connectivity index (χ1v) is 7.13. The molecule has 0 atom stereocenters. The van der Waals surface area contributed by atoms with Gasteiger partial charge in [-0.1, -0.05) is 54.1 Å². The topological polar surface area (TPSA) is 49.4 Å². The van der Waals surface area contributed by atoms with Crippen molar-refractivity contribution < 1.29 is 14.6 Å². The molecular weight excluding hydrogens is 300 g/mol. The molecule has 0 aromatic heterocycles. The molecular formula is C18H12ClO3-. The first-order valence-electron chi connectivity index (χ1n) is 6.75. The van der Waals surface area contributed by atoms with Crippen molar-refractivity contribution in [1.82, 2.24) is 0 Å². The molecule has 0 aliphatic carbocycles. The molecule has 3 nitrogen and oxygen atoms in total. The van der Waals surface area contributed by atoms with Gasteiger partial charge in [-0.15, -0.1) is 0 Å². The highest BCUT2D eigenvalue weighted by Gasteiger charge is 2.06. The number of benzene rings is 3. The van der Waals surface area contributed by atoms with Gasteiger partial charge in [0.2, 0.25) is 0 Å². The van der Waals surface area contributed by atoms with Crippen LogP contribution in [0.25, 0.3) is 10.8 Å². The van der Waals surface area contributed by atoms with E-state index in [1.165, 1.54) is 12.1 Å². The summed E-state index contributed by atoms with van der Waals surface area (Å²) in [6.45, 7) is 0.353. The summed E-state index contributed by atoms with van der Waals surface area (Å²) in [4.78, 5) is 10.8. The summed E-state index contributed by atoms with van der Waals surface area (Å²) in [6.07, 6.45) is 0. The lowest BCUT2D eigenvalue weighted by Gasteiger charge is -2.11. The lowest BCUT2D eigenvalue weighted by molar-refractivity contribution is -0.255. The highest BCUT2D eigenvalue weighted by atomic mass is 35.5. The van der Waals surface area contributed by atoms with E-state index in [-0.39, 0.29) is 10.6 Å². The van der Waals surface area contributed by atoms with Crippen LogP contribution in [0.15, 0.2) is 60.7 Å². The minimum absolute atomic E-state index is 0.0301. The lowest BCUT2D eigenvalue weighted by atomic mass is 10.1. The van der Waals surface area contributed by atoms with E-state index >= 15 is 0 Å². The number of rotatable bonds is 4. The Morgan fingerprint density at radius 1 is 1.05 bits per heavy atom. The summed E-state index contributed by atoms with van der Waals surface area (Å²) in [6, 6.07) is 18.3. The standard InChI is InChI=1S/C18H13ClO3/c19-16-10-13(18(20)21)8-9-17(16)22-11-14-6-3-5-12-4-1-2-7-15(12)14/h1-10H,11H2,(H,20,21)/p-1. The van der Waals surface area contributed by atoms with E-state index in [1.807, 2.05) is 42.5 Å². The number of aromatic carboxylic acids is 1. The largest absolute Gasteiger partial charge is 0.545 e. The fraction of sp³-hybridized carbons (Fsp3) is 0.0556. The molecule has 0 fully saturated rings. The van der Waals surface area contributed by atoms with Gasteiger partial charge in [0.15, 0.2) is 0 Å². The van der Waals surface area contributed by atoms with Crippen LogP contribution in [-0.4, -0.2) is 5.97 Å². The predicted octanol–water partition coefficient (Wildman–Crippen LogP) is 3.44. The molecule has 0 unspecified atom stereocenters. The van der Waals surface area contributed by atoms with Gasteiger partial charge >= 0.3 is 0 Å². The Morgan fingerprint density at radius 2 is 1.82 bits per heavy atom. The van der Waals surface area contributed by atoms with Gasteiger partial charge in [-0.05, 0) is 40.1 Å². The second-order valence-corrected chi connectivity index (χ2v) is 5.27. The van der Waals surface area contributed by atoms with E-state index in [1.54, 1.807) is 6.07 Å². The van der Waals surface area contributed by atoms with E-state index < -0.39 is 5.97 Å². The molecule has 0 aliphatic heterocycles. The van der Waals surface area contributed by atoms with Gasteiger partial charge in [0.05, 0.1) is 11.0 Å². The average Bonchev–Trinajstić information content (AvgIpc) is 2.53. The van der Waals surface area contributed by atoms with Crippen molar-refractivity contribution in [2.24, 2.45) is 0 Å². The summed E-state index contributed by atoms with van der Waals surface area (Å²) in [5, 5.41) is 13.3. The second kappa shape index (κ2) is 6.08. The molecule has 0 aliphatic rings. The van der Waals surface area contributed by atoms with Gasteiger partial charge in [-0.3, -0.25) is 0 Å². The first kappa shape index (κ1) is 14.4. The number of ether oxygens (including phenoxy) is 1. The van der Waals surface area contributed by atoms with Gasteiger partial charge in [-0.25, -0.2) is 0 Å². The smallest absolute Gasteiger partial charge is 0.138 e. The molecule has 0 heterocycles. The number of carboxylic acid groups (broad SMARTS) is 1. The Morgan fingerprint density at radius 3 is 2.59 bits per heavy atom. The second-order valence-electron chi connectivity index (χ2n) is 4.86. The van der Waals surface area contributed by atoms with Crippen molar-refractivity contribution >= 4 is 28.3 Å². The van der Waals surface area contributed by atoms with E-state index in [0.717, 1.165) is 16.3 Å². The fourth-order valence-electron chi connectivity index (χ4n) is 2.32. The normalized spacial score (nSPS) is 10.6. The third-order valence-electron chi connectivity index (χ3n) is 3.43. The number of halogens is 1. The van der Waals surface area contributed by atoms with Crippen molar-refractivity contribution in [3.63, 3.8) is 0 Å². The van der Waals surface area contributed by atoms with Crippen LogP contribution in [-0.2, 0) is 6.61 Å². The van der Waals surface area contributed by atoms with Crippen LogP contribution in [0.2, 0.25) is 5.02 Å². The number of carbonyl (C=O) groups excluding carboxylic acids is 1. The molecule has 0 amide bonds. The molecule has 110 valence electrons. The van der Waals surface area contributed by atoms with E-state index in [2.05, 4.69) is 0 Å². The molecule has 3 aromatic rings. The number of carboxylic acids is 1. The zero-order valence-electron chi connectivity index (χ0n) is 11.6. The Bertz CT molecular complexity index is 837. The summed E-state index contributed by atoms with van der Waals surface area (Å²) < 4.78 is 5.72. The van der Waals surface area contributed by atoms with Crippen LogP contribution in [0.3, 0.4) is 0 Å². The maximum absolute atomic E-state index is 10.8.